The molecule has 0 bridgehead atoms. The molecule has 0 spiro atoms. The van der Waals surface area contributed by atoms with Gasteiger partial charge in [-0.25, -0.2) is 0 Å². The number of hydrogen-bond donors (Lipinski definition) is 1. The largest absolute Gasteiger partial charge is 0.390 e. The van der Waals surface area contributed by atoms with Gasteiger partial charge in [-0.1, -0.05) is 52.4 Å². The van der Waals surface area contributed by atoms with Gasteiger partial charge in [-0.05, 0) is 19.8 Å². The van der Waals surface area contributed by atoms with Crippen LogP contribution in [0.1, 0.15) is 72.1 Å². The summed E-state index contributed by atoms with van der Waals surface area (Å²) in [7, 11) is 0. The Balaban J connectivity index is 3.39. The van der Waals surface area contributed by atoms with Gasteiger partial charge in [0.25, 0.3) is 0 Å². The van der Waals surface area contributed by atoms with Crippen molar-refractivity contribution in [3.8, 4) is 0 Å². The highest BCUT2D eigenvalue weighted by atomic mass is 16.3. The summed E-state index contributed by atoms with van der Waals surface area (Å²) in [6.07, 6.45) is 9.33. The van der Waals surface area contributed by atoms with E-state index >= 15 is 0 Å². The summed E-state index contributed by atoms with van der Waals surface area (Å²) in [6, 6.07) is 0. The Morgan fingerprint density at radius 1 is 0.846 bits per heavy atom. The molecule has 0 aromatic carbocycles. The average molecular weight is 186 g/mol. The molecule has 0 aromatic rings. The van der Waals surface area contributed by atoms with Gasteiger partial charge in [-0.15, -0.1) is 0 Å². The van der Waals surface area contributed by atoms with E-state index < -0.39 is 5.60 Å². The molecule has 0 aliphatic carbocycles. The van der Waals surface area contributed by atoms with Gasteiger partial charge in [0.05, 0.1) is 5.60 Å². The van der Waals surface area contributed by atoms with E-state index in [0.717, 1.165) is 19.3 Å². The highest BCUT2D eigenvalue weighted by molar-refractivity contribution is 4.71. The van der Waals surface area contributed by atoms with Crippen molar-refractivity contribution in [3.05, 3.63) is 0 Å². The maximum Gasteiger partial charge on any atom is 0.0619 e. The summed E-state index contributed by atoms with van der Waals surface area (Å²) in [4.78, 5) is 0. The summed E-state index contributed by atoms with van der Waals surface area (Å²) in [5, 5.41) is 9.94. The molecule has 0 aliphatic rings. The first kappa shape index (κ1) is 13.0. The molecular formula is C12H26O. The summed E-state index contributed by atoms with van der Waals surface area (Å²) < 4.78 is 0. The van der Waals surface area contributed by atoms with Gasteiger partial charge < -0.3 is 5.11 Å². The zero-order valence-corrected chi connectivity index (χ0v) is 9.60. The van der Waals surface area contributed by atoms with E-state index in [1.54, 1.807) is 0 Å². The molecule has 0 heterocycles. The number of aliphatic hydroxyl groups is 1. The van der Waals surface area contributed by atoms with E-state index in [1.807, 2.05) is 6.92 Å². The van der Waals surface area contributed by atoms with Gasteiger partial charge in [0.15, 0.2) is 0 Å². The Hall–Kier alpha value is -0.0400. The van der Waals surface area contributed by atoms with Crippen LogP contribution in [0.25, 0.3) is 0 Å². The van der Waals surface area contributed by atoms with Crippen LogP contribution >= 0.6 is 0 Å². The van der Waals surface area contributed by atoms with Crippen molar-refractivity contribution >= 4 is 0 Å². The number of unbranched alkanes of at least 4 members (excludes halogenated alkanes) is 4. The van der Waals surface area contributed by atoms with Gasteiger partial charge in [0.1, 0.15) is 0 Å². The zero-order valence-electron chi connectivity index (χ0n) is 9.60. The Morgan fingerprint density at radius 2 is 1.38 bits per heavy atom. The Morgan fingerprint density at radius 3 is 1.92 bits per heavy atom. The first-order valence-corrected chi connectivity index (χ1v) is 5.84. The van der Waals surface area contributed by atoms with E-state index in [0.29, 0.717) is 0 Å². The molecular weight excluding hydrogens is 160 g/mol. The fraction of sp³-hybridized carbons (Fsp3) is 1.00. The van der Waals surface area contributed by atoms with Crippen molar-refractivity contribution in [1.82, 2.24) is 0 Å². The highest BCUT2D eigenvalue weighted by Gasteiger charge is 2.18. The van der Waals surface area contributed by atoms with E-state index in [-0.39, 0.29) is 0 Å². The molecule has 0 amide bonds. The molecule has 1 nitrogen and oxygen atoms in total. The van der Waals surface area contributed by atoms with Crippen LogP contribution in [-0.4, -0.2) is 10.7 Å². The monoisotopic (exact) mass is 186 g/mol. The van der Waals surface area contributed by atoms with Crippen LogP contribution in [0, 0.1) is 0 Å². The maximum absolute atomic E-state index is 9.94. The third kappa shape index (κ3) is 8.29. The lowest BCUT2D eigenvalue weighted by molar-refractivity contribution is 0.0371. The molecule has 1 unspecified atom stereocenters. The maximum atomic E-state index is 9.94. The van der Waals surface area contributed by atoms with Crippen LogP contribution in [0.5, 0.6) is 0 Å². The van der Waals surface area contributed by atoms with Gasteiger partial charge in [-0.3, -0.25) is 0 Å². The molecule has 0 rings (SSSR count). The summed E-state index contributed by atoms with van der Waals surface area (Å²) in [6.45, 7) is 6.37. The van der Waals surface area contributed by atoms with Crippen molar-refractivity contribution in [2.45, 2.75) is 77.7 Å². The van der Waals surface area contributed by atoms with Crippen LogP contribution in [-0.2, 0) is 0 Å². The summed E-state index contributed by atoms with van der Waals surface area (Å²) in [5.74, 6) is 0. The summed E-state index contributed by atoms with van der Waals surface area (Å²) in [5.41, 5.74) is -0.399. The standard InChI is InChI=1S/C12H26O/c1-4-6-8-9-11-12(3,13)10-7-5-2/h13H,4-11H2,1-3H3. The van der Waals surface area contributed by atoms with Crippen LogP contribution < -0.4 is 0 Å². The number of hydrogen-bond acceptors (Lipinski definition) is 1. The zero-order chi connectivity index (χ0) is 10.2. The van der Waals surface area contributed by atoms with Crippen molar-refractivity contribution in [1.29, 1.82) is 0 Å². The normalized spacial score (nSPS) is 15.7. The molecule has 13 heavy (non-hydrogen) atoms. The molecule has 0 radical (unpaired) electrons. The molecule has 0 fully saturated rings. The Kier molecular flexibility index (Phi) is 7.35. The summed E-state index contributed by atoms with van der Waals surface area (Å²) >= 11 is 0. The van der Waals surface area contributed by atoms with Crippen LogP contribution in [0.2, 0.25) is 0 Å². The van der Waals surface area contributed by atoms with E-state index in [4.69, 9.17) is 0 Å². The van der Waals surface area contributed by atoms with E-state index in [1.165, 1.54) is 32.1 Å². The predicted molar refractivity (Wildman–Crippen MR) is 58.9 cm³/mol. The second-order valence-corrected chi connectivity index (χ2v) is 4.41. The Labute approximate surface area is 83.5 Å². The van der Waals surface area contributed by atoms with E-state index in [2.05, 4.69) is 13.8 Å². The quantitative estimate of drug-likeness (QED) is 0.570. The van der Waals surface area contributed by atoms with Crippen molar-refractivity contribution in [2.24, 2.45) is 0 Å². The molecule has 0 saturated carbocycles. The SMILES string of the molecule is CCCCCCC(C)(O)CCCC. The van der Waals surface area contributed by atoms with Crippen LogP contribution in [0.4, 0.5) is 0 Å². The minimum Gasteiger partial charge on any atom is -0.390 e. The first-order valence-electron chi connectivity index (χ1n) is 5.84. The molecule has 1 atom stereocenters. The molecule has 0 aromatic heterocycles. The van der Waals surface area contributed by atoms with Crippen molar-refractivity contribution < 1.29 is 5.11 Å². The smallest absolute Gasteiger partial charge is 0.0619 e. The first-order chi connectivity index (χ1) is 6.12. The van der Waals surface area contributed by atoms with Gasteiger partial charge in [-0.2, -0.15) is 0 Å². The van der Waals surface area contributed by atoms with Crippen LogP contribution in [0.3, 0.4) is 0 Å². The predicted octanol–water partition coefficient (Wildman–Crippen LogP) is 3.90. The van der Waals surface area contributed by atoms with E-state index in [9.17, 15) is 5.11 Å². The Bertz CT molecular complexity index is 108. The highest BCUT2D eigenvalue weighted by Crippen LogP contribution is 2.21. The molecule has 0 saturated heterocycles. The second-order valence-electron chi connectivity index (χ2n) is 4.41. The van der Waals surface area contributed by atoms with Crippen molar-refractivity contribution in [3.63, 3.8) is 0 Å². The third-order valence-corrected chi connectivity index (χ3v) is 2.64. The molecule has 80 valence electrons. The topological polar surface area (TPSA) is 20.2 Å². The van der Waals surface area contributed by atoms with Gasteiger partial charge in [0, 0.05) is 0 Å². The second kappa shape index (κ2) is 7.37. The third-order valence-electron chi connectivity index (χ3n) is 2.64. The minimum absolute atomic E-state index is 0.399. The van der Waals surface area contributed by atoms with Gasteiger partial charge >= 0.3 is 0 Å². The molecule has 0 aliphatic heterocycles. The molecule has 1 N–H and O–H groups in total. The van der Waals surface area contributed by atoms with Crippen LogP contribution in [0.15, 0.2) is 0 Å². The number of rotatable bonds is 8. The fourth-order valence-electron chi connectivity index (χ4n) is 1.62. The lowest BCUT2D eigenvalue weighted by Crippen LogP contribution is -2.23. The van der Waals surface area contributed by atoms with Gasteiger partial charge in [0.2, 0.25) is 0 Å². The average Bonchev–Trinajstić information content (AvgIpc) is 2.09. The molecule has 1 heteroatoms. The van der Waals surface area contributed by atoms with Crippen molar-refractivity contribution in [2.75, 3.05) is 0 Å². The lowest BCUT2D eigenvalue weighted by Gasteiger charge is -2.22. The fourth-order valence-corrected chi connectivity index (χ4v) is 1.62. The minimum atomic E-state index is -0.399. The lowest BCUT2D eigenvalue weighted by atomic mass is 9.92.